The molecule has 0 saturated heterocycles. The molecular weight excluding hydrogens is 896 g/mol. The SMILES string of the molecule is CCCCCCCCCc1ccccc1C(O)(c1ccccc1CCCCCCCCC)C(CO)(CO)CO.OP(O)OP(O)O.OP(O)c1ccc(-c2ccc(P(O)O)cc2)cc1. The largest absolute Gasteiger partial charge is 0.395 e. The van der Waals surface area contributed by atoms with Gasteiger partial charge in [-0.15, -0.1) is 0 Å². The first kappa shape index (κ1) is 58.2. The third kappa shape index (κ3) is 19.4. The van der Waals surface area contributed by atoms with Gasteiger partial charge in [0.2, 0.25) is 0 Å². The van der Waals surface area contributed by atoms with Crippen molar-refractivity contribution < 1.29 is 63.9 Å². The molecule has 0 aliphatic carbocycles. The number of aliphatic hydroxyl groups is 4. The molecule has 4 rings (SSSR count). The van der Waals surface area contributed by atoms with Crippen molar-refractivity contribution in [3.8, 4) is 11.1 Å². The zero-order chi connectivity index (χ0) is 47.4. The number of aryl methyl sites for hydroxylation is 2. The molecule has 0 aliphatic heterocycles. The van der Waals surface area contributed by atoms with Crippen LogP contribution in [-0.4, -0.2) is 79.4 Å². The lowest BCUT2D eigenvalue weighted by molar-refractivity contribution is -0.136. The first-order valence-electron chi connectivity index (χ1n) is 22.1. The second kappa shape index (κ2) is 32.7. The number of hydrogen-bond donors (Lipinski definition) is 12. The van der Waals surface area contributed by atoms with Crippen LogP contribution in [-0.2, 0) is 22.8 Å². The molecule has 64 heavy (non-hydrogen) atoms. The Bertz CT molecular complexity index is 1670. The first-order chi connectivity index (χ1) is 30.7. The predicted molar refractivity (Wildman–Crippen MR) is 261 cm³/mol. The molecule has 17 heteroatoms. The van der Waals surface area contributed by atoms with Gasteiger partial charge in [-0.2, -0.15) is 0 Å². The van der Waals surface area contributed by atoms with Gasteiger partial charge in [-0.3, -0.25) is 0 Å². The van der Waals surface area contributed by atoms with E-state index in [0.717, 1.165) is 60.8 Å². The molecule has 12 N–H and O–H groups in total. The van der Waals surface area contributed by atoms with E-state index in [2.05, 4.69) is 18.2 Å². The Labute approximate surface area is 385 Å². The maximum absolute atomic E-state index is 12.7. The monoisotopic (exact) mass is 968 g/mol. The lowest BCUT2D eigenvalue weighted by Crippen LogP contribution is -2.55. The van der Waals surface area contributed by atoms with Gasteiger partial charge in [0.25, 0.3) is 0 Å². The Morgan fingerprint density at radius 2 is 0.734 bits per heavy atom. The molecule has 0 aromatic heterocycles. The minimum Gasteiger partial charge on any atom is -0.395 e. The van der Waals surface area contributed by atoms with E-state index >= 15 is 0 Å². The van der Waals surface area contributed by atoms with Crippen LogP contribution < -0.4 is 10.6 Å². The van der Waals surface area contributed by atoms with Crippen molar-refractivity contribution in [3.63, 3.8) is 0 Å². The predicted octanol–water partition coefficient (Wildman–Crippen LogP) is 8.10. The van der Waals surface area contributed by atoms with Gasteiger partial charge in [-0.25, -0.2) is 4.31 Å². The topological polar surface area (TPSA) is 252 Å². The average Bonchev–Trinajstić information content (AvgIpc) is 3.29. The highest BCUT2D eigenvalue weighted by molar-refractivity contribution is 7.54. The van der Waals surface area contributed by atoms with Crippen molar-refractivity contribution in [1.29, 1.82) is 0 Å². The lowest BCUT2D eigenvalue weighted by atomic mass is 9.63. The van der Waals surface area contributed by atoms with E-state index in [0.29, 0.717) is 21.7 Å². The Hall–Kier alpha value is -1.92. The number of aliphatic hydroxyl groups excluding tert-OH is 3. The molecule has 0 bridgehead atoms. The maximum atomic E-state index is 12.7. The summed E-state index contributed by atoms with van der Waals surface area (Å²) >= 11 is 0. The Morgan fingerprint density at radius 3 is 1.02 bits per heavy atom. The fourth-order valence-electron chi connectivity index (χ4n) is 7.58. The molecule has 13 nitrogen and oxygen atoms in total. The van der Waals surface area contributed by atoms with E-state index in [1.807, 2.05) is 48.5 Å². The maximum Gasteiger partial charge on any atom is 0.334 e. The Balaban J connectivity index is 0.000000459. The van der Waals surface area contributed by atoms with E-state index in [1.54, 1.807) is 48.5 Å². The van der Waals surface area contributed by atoms with Gasteiger partial charge in [0.15, 0.2) is 16.8 Å². The average molecular weight is 969 g/mol. The third-order valence-electron chi connectivity index (χ3n) is 11.3. The molecule has 0 spiro atoms. The number of hydrogen-bond acceptors (Lipinski definition) is 13. The summed E-state index contributed by atoms with van der Waals surface area (Å²) < 4.78 is 3.60. The van der Waals surface area contributed by atoms with Crippen molar-refractivity contribution in [1.82, 2.24) is 0 Å². The fraction of sp³-hybridized carbons (Fsp3) is 0.489. The van der Waals surface area contributed by atoms with Crippen LogP contribution in [0.3, 0.4) is 0 Å². The molecule has 0 atom stereocenters. The van der Waals surface area contributed by atoms with Crippen LogP contribution in [0, 0.1) is 5.41 Å². The summed E-state index contributed by atoms with van der Waals surface area (Å²) in [7, 11) is -9.33. The Kier molecular flexibility index (Phi) is 29.8. The summed E-state index contributed by atoms with van der Waals surface area (Å²) in [5, 5.41) is 45.5. The van der Waals surface area contributed by atoms with Crippen molar-refractivity contribution in [2.45, 2.75) is 122 Å². The minimum absolute atomic E-state index is 0.500. The number of unbranched alkanes of at least 4 members (excludes halogenated alkanes) is 12. The van der Waals surface area contributed by atoms with Crippen LogP contribution in [0.25, 0.3) is 11.1 Å². The van der Waals surface area contributed by atoms with Crippen molar-refractivity contribution in [3.05, 3.63) is 119 Å². The van der Waals surface area contributed by atoms with Crippen LogP contribution in [0.5, 0.6) is 0 Å². The van der Waals surface area contributed by atoms with Crippen molar-refractivity contribution >= 4 is 44.6 Å². The molecule has 0 aliphatic rings. The van der Waals surface area contributed by atoms with Crippen LogP contribution >= 0.6 is 34.0 Å². The van der Waals surface area contributed by atoms with Crippen LogP contribution in [0.2, 0.25) is 0 Å². The highest BCUT2D eigenvalue weighted by Gasteiger charge is 2.53. The van der Waals surface area contributed by atoms with Gasteiger partial charge >= 0.3 is 17.2 Å². The van der Waals surface area contributed by atoms with Crippen molar-refractivity contribution in [2.24, 2.45) is 5.41 Å². The van der Waals surface area contributed by atoms with Crippen LogP contribution in [0.4, 0.5) is 0 Å². The summed E-state index contributed by atoms with van der Waals surface area (Å²) in [4.78, 5) is 67.5. The molecule has 4 aromatic rings. The molecule has 0 fully saturated rings. The standard InChI is InChI=1S/C35H56O4.C12H12O4P2.H4O5P2/c1-3-5-7-9-11-13-15-21-30-23-17-19-25-32(30)35(39,34(27-36,28-37)29-38)33-26-20-18-24-31(33)22-16-14-12-10-8-6-4-2;13-17(14)11-5-1-9(2-6-11)10-3-7-12(8-4-10)18(15)16;1-6(2)5-7(3)4/h17-20,23-26,36-39H,3-16,21-22,27-29H2,1-2H3;1-8,13-16H;1-4H. The second-order valence-electron chi connectivity index (χ2n) is 15.8. The molecule has 4 aromatic carbocycles. The van der Waals surface area contributed by atoms with E-state index in [9.17, 15) is 20.4 Å². The highest BCUT2D eigenvalue weighted by Crippen LogP contribution is 2.48. The molecule has 0 heterocycles. The van der Waals surface area contributed by atoms with Gasteiger partial charge in [-0.1, -0.05) is 164 Å². The van der Waals surface area contributed by atoms with E-state index in [-0.39, 0.29) is 0 Å². The van der Waals surface area contributed by atoms with Gasteiger partial charge in [0.1, 0.15) is 5.60 Å². The summed E-state index contributed by atoms with van der Waals surface area (Å²) in [6, 6.07) is 29.6. The Morgan fingerprint density at radius 1 is 0.422 bits per heavy atom. The molecule has 0 unspecified atom stereocenters. The van der Waals surface area contributed by atoms with Gasteiger partial charge < -0.3 is 59.6 Å². The van der Waals surface area contributed by atoms with E-state index < -0.39 is 64.8 Å². The summed E-state index contributed by atoms with van der Waals surface area (Å²) in [5.41, 5.74) is 1.99. The molecular formula is C47H72O13P4. The van der Waals surface area contributed by atoms with Gasteiger partial charge in [0.05, 0.1) is 25.2 Å². The zero-order valence-electron chi connectivity index (χ0n) is 37.2. The summed E-state index contributed by atoms with van der Waals surface area (Å²) in [6.45, 7) is 2.86. The van der Waals surface area contributed by atoms with Crippen molar-refractivity contribution in [2.75, 3.05) is 19.8 Å². The fourth-order valence-corrected chi connectivity index (χ4v) is 8.93. The minimum atomic E-state index is -2.61. The lowest BCUT2D eigenvalue weighted by Gasteiger charge is -2.46. The summed E-state index contributed by atoms with van der Waals surface area (Å²) in [6.07, 6.45) is 18.5. The first-order valence-corrected chi connectivity index (χ1v) is 26.9. The smallest absolute Gasteiger partial charge is 0.334 e. The summed E-state index contributed by atoms with van der Waals surface area (Å²) in [5.74, 6) is 0. The highest BCUT2D eigenvalue weighted by atomic mass is 31.2. The normalized spacial score (nSPS) is 11.8. The molecule has 0 radical (unpaired) electrons. The zero-order valence-corrected chi connectivity index (χ0v) is 40.8. The van der Waals surface area contributed by atoms with Crippen LogP contribution in [0.1, 0.15) is 126 Å². The second-order valence-corrected chi connectivity index (χ2v) is 19.6. The molecule has 0 amide bonds. The quantitative estimate of drug-likeness (QED) is 0.0200. The van der Waals surface area contributed by atoms with E-state index in [4.69, 9.17) is 39.1 Å². The van der Waals surface area contributed by atoms with E-state index in [1.165, 1.54) is 64.2 Å². The molecule has 358 valence electrons. The van der Waals surface area contributed by atoms with Gasteiger partial charge in [0, 0.05) is 10.6 Å². The van der Waals surface area contributed by atoms with Crippen LogP contribution in [0.15, 0.2) is 97.1 Å². The van der Waals surface area contributed by atoms with Gasteiger partial charge in [-0.05, 0) is 83.3 Å². The number of rotatable bonds is 27. The molecule has 0 saturated carbocycles. The third-order valence-corrected chi connectivity index (χ3v) is 14.0. The number of benzene rings is 4.